The Balaban J connectivity index is 1.46. The van der Waals surface area contributed by atoms with Crippen molar-refractivity contribution in [3.8, 4) is 17.3 Å². The summed E-state index contributed by atoms with van der Waals surface area (Å²) in [6.45, 7) is 0.0751. The monoisotopic (exact) mass is 418 g/mol. The number of nitrogens with one attached hydrogen (secondary N) is 1. The lowest BCUT2D eigenvalue weighted by Crippen LogP contribution is -2.16. The number of halogens is 4. The molecule has 0 fully saturated rings. The van der Waals surface area contributed by atoms with Gasteiger partial charge in [-0.15, -0.1) is 15.3 Å². The average Bonchev–Trinajstić information content (AvgIpc) is 3.14. The number of ether oxygens (including phenoxy) is 1. The Hall–Kier alpha value is -3.76. The Morgan fingerprint density at radius 3 is 2.63 bits per heavy atom. The van der Waals surface area contributed by atoms with Crippen molar-refractivity contribution in [2.75, 3.05) is 18.5 Å². The number of pyridine rings is 1. The summed E-state index contributed by atoms with van der Waals surface area (Å²) in [5.74, 6) is -0.334. The van der Waals surface area contributed by atoms with Gasteiger partial charge >= 0.3 is 6.18 Å². The minimum atomic E-state index is -4.55. The molecule has 1 aromatic carbocycles. The van der Waals surface area contributed by atoms with Gasteiger partial charge in [0.15, 0.2) is 11.5 Å². The quantitative estimate of drug-likeness (QED) is 0.379. The molecular weight excluding hydrogens is 404 g/mol. The molecule has 0 aliphatic heterocycles. The summed E-state index contributed by atoms with van der Waals surface area (Å²) in [6.07, 6.45) is -3.33. The fraction of sp³-hybridized carbons (Fsp3) is 0.158. The molecule has 0 unspecified atom stereocenters. The van der Waals surface area contributed by atoms with Crippen molar-refractivity contribution in [3.63, 3.8) is 0 Å². The van der Waals surface area contributed by atoms with Gasteiger partial charge in [0.2, 0.25) is 5.88 Å². The Morgan fingerprint density at radius 2 is 1.83 bits per heavy atom. The highest BCUT2D eigenvalue weighted by molar-refractivity contribution is 5.60. The van der Waals surface area contributed by atoms with Crippen molar-refractivity contribution in [2.45, 2.75) is 6.18 Å². The minimum Gasteiger partial charge on any atom is -0.475 e. The molecule has 3 aromatic heterocycles. The Kier molecular flexibility index (Phi) is 5.17. The largest absolute Gasteiger partial charge is 0.475 e. The highest BCUT2D eigenvalue weighted by Gasteiger charge is 2.35. The number of alkyl halides is 3. The van der Waals surface area contributed by atoms with E-state index in [1.54, 1.807) is 30.3 Å². The summed E-state index contributed by atoms with van der Waals surface area (Å²) in [5.41, 5.74) is -0.283. The van der Waals surface area contributed by atoms with E-state index in [1.807, 2.05) is 0 Å². The lowest BCUT2D eigenvalue weighted by molar-refractivity contribution is -0.139. The van der Waals surface area contributed by atoms with Crippen LogP contribution in [0.4, 0.5) is 23.4 Å². The zero-order valence-corrected chi connectivity index (χ0v) is 15.3. The smallest absolute Gasteiger partial charge is 0.421 e. The van der Waals surface area contributed by atoms with E-state index >= 15 is 0 Å². The van der Waals surface area contributed by atoms with E-state index in [0.29, 0.717) is 11.5 Å². The van der Waals surface area contributed by atoms with Crippen LogP contribution in [0.2, 0.25) is 0 Å². The second-order valence-corrected chi connectivity index (χ2v) is 6.12. The second kappa shape index (κ2) is 7.93. The van der Waals surface area contributed by atoms with E-state index in [0.717, 1.165) is 6.07 Å². The molecule has 0 radical (unpaired) electrons. The topological polar surface area (TPSA) is 77.2 Å². The Bertz CT molecular complexity index is 1180. The Labute approximate surface area is 167 Å². The molecule has 1 N–H and O–H groups in total. The molecule has 0 aliphatic carbocycles. The van der Waals surface area contributed by atoms with E-state index < -0.39 is 23.4 Å². The SMILES string of the molecule is Fc1ccccc1-c1nnc2ccc(NCCOc3ncccc3C(F)(F)F)nn12. The number of nitrogens with zero attached hydrogens (tertiary/aromatic N) is 5. The van der Waals surface area contributed by atoms with Crippen LogP contribution >= 0.6 is 0 Å². The van der Waals surface area contributed by atoms with Crippen molar-refractivity contribution in [1.82, 2.24) is 24.8 Å². The van der Waals surface area contributed by atoms with Crippen LogP contribution in [0.15, 0.2) is 54.7 Å². The second-order valence-electron chi connectivity index (χ2n) is 6.12. The zero-order chi connectivity index (χ0) is 21.1. The number of aromatic nitrogens is 5. The van der Waals surface area contributed by atoms with Gasteiger partial charge in [-0.2, -0.15) is 17.7 Å². The van der Waals surface area contributed by atoms with Crippen LogP contribution in [-0.2, 0) is 6.18 Å². The highest BCUT2D eigenvalue weighted by Crippen LogP contribution is 2.34. The highest BCUT2D eigenvalue weighted by atomic mass is 19.4. The average molecular weight is 418 g/mol. The van der Waals surface area contributed by atoms with Crippen LogP contribution in [0.25, 0.3) is 17.0 Å². The third-order valence-corrected chi connectivity index (χ3v) is 4.10. The van der Waals surface area contributed by atoms with E-state index in [1.165, 1.54) is 22.8 Å². The molecule has 7 nitrogen and oxygen atoms in total. The van der Waals surface area contributed by atoms with Gasteiger partial charge in [0.1, 0.15) is 23.8 Å². The van der Waals surface area contributed by atoms with Crippen LogP contribution in [0.1, 0.15) is 5.56 Å². The molecule has 0 saturated heterocycles. The first kappa shape index (κ1) is 19.6. The maximum Gasteiger partial charge on any atom is 0.421 e. The maximum atomic E-state index is 14.1. The summed E-state index contributed by atoms with van der Waals surface area (Å²) < 4.78 is 59.5. The van der Waals surface area contributed by atoms with Gasteiger partial charge in [-0.3, -0.25) is 0 Å². The van der Waals surface area contributed by atoms with Crippen molar-refractivity contribution >= 4 is 11.5 Å². The molecule has 4 aromatic rings. The molecule has 11 heteroatoms. The van der Waals surface area contributed by atoms with Crippen LogP contribution in [0.3, 0.4) is 0 Å². The van der Waals surface area contributed by atoms with Crippen molar-refractivity contribution in [2.24, 2.45) is 0 Å². The van der Waals surface area contributed by atoms with Gasteiger partial charge in [0.05, 0.1) is 12.1 Å². The third-order valence-electron chi connectivity index (χ3n) is 4.10. The first-order valence-electron chi connectivity index (χ1n) is 8.80. The van der Waals surface area contributed by atoms with Crippen LogP contribution in [0, 0.1) is 5.82 Å². The fourth-order valence-electron chi connectivity index (χ4n) is 2.74. The summed E-state index contributed by atoms with van der Waals surface area (Å²) >= 11 is 0. The first-order valence-corrected chi connectivity index (χ1v) is 8.80. The standard InChI is InChI=1S/C19H14F4N6O/c20-14-6-2-1-4-12(14)17-27-26-16-8-7-15(28-29(16)17)24-10-11-30-18-13(19(21,22)23)5-3-9-25-18/h1-9H,10-11H2,(H,24,28). The van der Waals surface area contributed by atoms with E-state index in [2.05, 4.69) is 25.6 Å². The molecule has 3 heterocycles. The normalized spacial score (nSPS) is 11.6. The molecule has 0 atom stereocenters. The predicted molar refractivity (Wildman–Crippen MR) is 99.4 cm³/mol. The van der Waals surface area contributed by atoms with E-state index in [4.69, 9.17) is 4.74 Å². The van der Waals surface area contributed by atoms with Gasteiger partial charge in [-0.05, 0) is 36.4 Å². The lowest BCUT2D eigenvalue weighted by Gasteiger charge is -2.12. The van der Waals surface area contributed by atoms with Crippen LogP contribution < -0.4 is 10.1 Å². The zero-order valence-electron chi connectivity index (χ0n) is 15.3. The third kappa shape index (κ3) is 4.00. The molecule has 30 heavy (non-hydrogen) atoms. The fourth-order valence-corrected chi connectivity index (χ4v) is 2.74. The maximum absolute atomic E-state index is 14.1. The number of benzene rings is 1. The van der Waals surface area contributed by atoms with E-state index in [9.17, 15) is 17.6 Å². The molecule has 0 saturated carbocycles. The molecule has 0 bridgehead atoms. The molecule has 0 spiro atoms. The number of anilines is 1. The van der Waals surface area contributed by atoms with Crippen molar-refractivity contribution in [3.05, 3.63) is 66.1 Å². The molecule has 4 rings (SSSR count). The lowest BCUT2D eigenvalue weighted by atomic mass is 10.2. The first-order chi connectivity index (χ1) is 14.4. The number of hydrogen-bond donors (Lipinski definition) is 1. The van der Waals surface area contributed by atoms with Crippen molar-refractivity contribution in [1.29, 1.82) is 0 Å². The number of rotatable bonds is 6. The van der Waals surface area contributed by atoms with E-state index in [-0.39, 0.29) is 24.5 Å². The van der Waals surface area contributed by atoms with Crippen LogP contribution in [-0.4, -0.2) is 37.9 Å². The molecule has 0 aliphatic rings. The van der Waals surface area contributed by atoms with Crippen LogP contribution in [0.5, 0.6) is 5.88 Å². The van der Waals surface area contributed by atoms with Gasteiger partial charge in [-0.25, -0.2) is 9.37 Å². The molecular formula is C19H14F4N6O. The predicted octanol–water partition coefficient (Wildman–Crippen LogP) is 3.84. The molecule has 0 amide bonds. The van der Waals surface area contributed by atoms with Gasteiger partial charge in [0, 0.05) is 6.20 Å². The van der Waals surface area contributed by atoms with Gasteiger partial charge < -0.3 is 10.1 Å². The summed E-state index contributed by atoms with van der Waals surface area (Å²) in [6, 6.07) is 11.5. The van der Waals surface area contributed by atoms with Gasteiger partial charge in [0.25, 0.3) is 0 Å². The Morgan fingerprint density at radius 1 is 1.00 bits per heavy atom. The molecule has 154 valence electrons. The summed E-state index contributed by atoms with van der Waals surface area (Å²) in [5, 5.41) is 15.2. The number of fused-ring (bicyclic) bond motifs is 1. The summed E-state index contributed by atoms with van der Waals surface area (Å²) in [7, 11) is 0. The van der Waals surface area contributed by atoms with Gasteiger partial charge in [-0.1, -0.05) is 12.1 Å². The number of hydrogen-bond acceptors (Lipinski definition) is 6. The minimum absolute atomic E-state index is 0.0812. The summed E-state index contributed by atoms with van der Waals surface area (Å²) in [4.78, 5) is 3.64. The van der Waals surface area contributed by atoms with Crippen molar-refractivity contribution < 1.29 is 22.3 Å².